The van der Waals surface area contributed by atoms with Crippen LogP contribution in [0.25, 0.3) is 0 Å². The summed E-state index contributed by atoms with van der Waals surface area (Å²) in [6.45, 7) is 5.37. The quantitative estimate of drug-likeness (QED) is 0.836. The zero-order chi connectivity index (χ0) is 13.0. The Morgan fingerprint density at radius 1 is 1.44 bits per heavy atom. The van der Waals surface area contributed by atoms with Crippen LogP contribution in [-0.4, -0.2) is 41.8 Å². The molecule has 4 heteroatoms. The van der Waals surface area contributed by atoms with Crippen LogP contribution in [0.2, 0.25) is 0 Å². The molecule has 0 saturated heterocycles. The number of rotatable bonds is 4. The third kappa shape index (κ3) is 3.45. The van der Waals surface area contributed by atoms with Gasteiger partial charge in [0.25, 0.3) is 0 Å². The zero-order valence-electron chi connectivity index (χ0n) is 10.9. The van der Waals surface area contributed by atoms with Gasteiger partial charge in [-0.1, -0.05) is 18.2 Å². The molecule has 4 nitrogen and oxygen atoms in total. The Hall–Kier alpha value is -1.10. The standard InChI is InChI=1S/C14H22N2O2/c1-14(17,11-15)6-7-16-8-9-18-13-5-3-2-4-12(13)10-16/h2-5,17H,6-11,15H2,1H3. The van der Waals surface area contributed by atoms with Crippen LogP contribution in [0.3, 0.4) is 0 Å². The van der Waals surface area contributed by atoms with Crippen molar-refractivity contribution in [2.75, 3.05) is 26.2 Å². The summed E-state index contributed by atoms with van der Waals surface area (Å²) < 4.78 is 5.71. The lowest BCUT2D eigenvalue weighted by atomic mass is 10.0. The van der Waals surface area contributed by atoms with E-state index in [1.165, 1.54) is 5.56 Å². The molecular weight excluding hydrogens is 228 g/mol. The lowest BCUT2D eigenvalue weighted by molar-refractivity contribution is 0.0460. The summed E-state index contributed by atoms with van der Waals surface area (Å²) in [7, 11) is 0. The second-order valence-corrected chi connectivity index (χ2v) is 5.18. The second-order valence-electron chi connectivity index (χ2n) is 5.18. The van der Waals surface area contributed by atoms with E-state index >= 15 is 0 Å². The number of ether oxygens (including phenoxy) is 1. The van der Waals surface area contributed by atoms with E-state index in [0.717, 1.165) is 25.4 Å². The number of para-hydroxylation sites is 1. The van der Waals surface area contributed by atoms with Crippen molar-refractivity contribution in [1.82, 2.24) is 4.90 Å². The maximum absolute atomic E-state index is 9.94. The van der Waals surface area contributed by atoms with Crippen LogP contribution < -0.4 is 10.5 Å². The molecule has 0 fully saturated rings. The molecule has 1 aliphatic heterocycles. The summed E-state index contributed by atoms with van der Waals surface area (Å²) in [6, 6.07) is 8.12. The first kappa shape index (κ1) is 13.3. The van der Waals surface area contributed by atoms with E-state index < -0.39 is 5.60 Å². The van der Waals surface area contributed by atoms with Gasteiger partial charge in [0.05, 0.1) is 5.60 Å². The van der Waals surface area contributed by atoms with Gasteiger partial charge >= 0.3 is 0 Å². The monoisotopic (exact) mass is 250 g/mol. The average molecular weight is 250 g/mol. The van der Waals surface area contributed by atoms with Crippen LogP contribution in [0.15, 0.2) is 24.3 Å². The summed E-state index contributed by atoms with van der Waals surface area (Å²) in [6.07, 6.45) is 0.686. The molecule has 0 aromatic heterocycles. The van der Waals surface area contributed by atoms with Gasteiger partial charge in [-0.3, -0.25) is 4.90 Å². The number of benzene rings is 1. The minimum atomic E-state index is -0.771. The van der Waals surface area contributed by atoms with Crippen LogP contribution in [-0.2, 0) is 6.54 Å². The van der Waals surface area contributed by atoms with E-state index in [-0.39, 0.29) is 0 Å². The van der Waals surface area contributed by atoms with Crippen molar-refractivity contribution in [3.05, 3.63) is 29.8 Å². The van der Waals surface area contributed by atoms with E-state index in [1.807, 2.05) is 18.2 Å². The summed E-state index contributed by atoms with van der Waals surface area (Å²) in [5, 5.41) is 9.94. The van der Waals surface area contributed by atoms with Gasteiger partial charge in [-0.2, -0.15) is 0 Å². The molecule has 0 aliphatic carbocycles. The number of nitrogens with zero attached hydrogens (tertiary/aromatic N) is 1. The molecule has 1 heterocycles. The van der Waals surface area contributed by atoms with Gasteiger partial charge in [0, 0.05) is 31.7 Å². The molecule has 1 atom stereocenters. The molecule has 100 valence electrons. The molecule has 1 aromatic carbocycles. The number of nitrogens with two attached hydrogens (primary N) is 1. The number of fused-ring (bicyclic) bond motifs is 1. The second kappa shape index (κ2) is 5.69. The summed E-state index contributed by atoms with van der Waals surface area (Å²) in [5.41, 5.74) is 5.98. The Kier molecular flexibility index (Phi) is 4.22. The Bertz CT molecular complexity index is 393. The molecule has 0 saturated carbocycles. The van der Waals surface area contributed by atoms with Crippen molar-refractivity contribution >= 4 is 0 Å². The average Bonchev–Trinajstić information content (AvgIpc) is 2.58. The molecule has 1 unspecified atom stereocenters. The van der Waals surface area contributed by atoms with Crippen molar-refractivity contribution in [3.63, 3.8) is 0 Å². The fourth-order valence-electron chi connectivity index (χ4n) is 2.07. The molecular formula is C14H22N2O2. The van der Waals surface area contributed by atoms with Gasteiger partial charge in [0.15, 0.2) is 0 Å². The smallest absolute Gasteiger partial charge is 0.123 e. The van der Waals surface area contributed by atoms with E-state index in [4.69, 9.17) is 10.5 Å². The Labute approximate surface area is 108 Å². The molecule has 0 amide bonds. The van der Waals surface area contributed by atoms with E-state index in [1.54, 1.807) is 6.92 Å². The van der Waals surface area contributed by atoms with Gasteiger partial charge in [-0.25, -0.2) is 0 Å². The first-order valence-electron chi connectivity index (χ1n) is 6.46. The summed E-state index contributed by atoms with van der Waals surface area (Å²) in [4.78, 5) is 2.30. The normalized spacial score (nSPS) is 19.5. The zero-order valence-corrected chi connectivity index (χ0v) is 10.9. The van der Waals surface area contributed by atoms with Crippen molar-refractivity contribution < 1.29 is 9.84 Å². The fourth-order valence-corrected chi connectivity index (χ4v) is 2.07. The Morgan fingerprint density at radius 2 is 2.22 bits per heavy atom. The molecule has 2 rings (SSSR count). The Balaban J connectivity index is 1.96. The molecule has 3 N–H and O–H groups in total. The van der Waals surface area contributed by atoms with E-state index in [2.05, 4.69) is 11.0 Å². The molecule has 1 aromatic rings. The first-order valence-corrected chi connectivity index (χ1v) is 6.46. The van der Waals surface area contributed by atoms with Crippen LogP contribution in [0.1, 0.15) is 18.9 Å². The van der Waals surface area contributed by atoms with Gasteiger partial charge in [0.1, 0.15) is 12.4 Å². The highest BCUT2D eigenvalue weighted by Crippen LogP contribution is 2.22. The third-order valence-corrected chi connectivity index (χ3v) is 3.44. The van der Waals surface area contributed by atoms with Crippen molar-refractivity contribution in [2.45, 2.75) is 25.5 Å². The minimum Gasteiger partial charge on any atom is -0.492 e. The van der Waals surface area contributed by atoms with Crippen LogP contribution in [0.4, 0.5) is 0 Å². The van der Waals surface area contributed by atoms with Crippen LogP contribution >= 0.6 is 0 Å². The van der Waals surface area contributed by atoms with Crippen LogP contribution in [0.5, 0.6) is 5.75 Å². The van der Waals surface area contributed by atoms with Gasteiger partial charge in [-0.15, -0.1) is 0 Å². The predicted octanol–water partition coefficient (Wildman–Crippen LogP) is 0.981. The largest absolute Gasteiger partial charge is 0.492 e. The van der Waals surface area contributed by atoms with E-state index in [9.17, 15) is 5.11 Å². The topological polar surface area (TPSA) is 58.7 Å². The first-order chi connectivity index (χ1) is 8.61. The van der Waals surface area contributed by atoms with Gasteiger partial charge < -0.3 is 15.6 Å². The predicted molar refractivity (Wildman–Crippen MR) is 71.5 cm³/mol. The van der Waals surface area contributed by atoms with E-state index in [0.29, 0.717) is 19.6 Å². The number of aliphatic hydroxyl groups is 1. The maximum Gasteiger partial charge on any atom is 0.123 e. The maximum atomic E-state index is 9.94. The lowest BCUT2D eigenvalue weighted by Crippen LogP contribution is -2.39. The number of hydrogen-bond acceptors (Lipinski definition) is 4. The fraction of sp³-hybridized carbons (Fsp3) is 0.571. The highest BCUT2D eigenvalue weighted by atomic mass is 16.5. The van der Waals surface area contributed by atoms with Gasteiger partial charge in [-0.05, 0) is 19.4 Å². The SMILES string of the molecule is CC(O)(CN)CCN1CCOc2ccccc2C1. The molecule has 18 heavy (non-hydrogen) atoms. The third-order valence-electron chi connectivity index (χ3n) is 3.44. The van der Waals surface area contributed by atoms with Gasteiger partial charge in [0.2, 0.25) is 0 Å². The van der Waals surface area contributed by atoms with Crippen molar-refractivity contribution in [3.8, 4) is 5.75 Å². The lowest BCUT2D eigenvalue weighted by Gasteiger charge is -2.26. The highest BCUT2D eigenvalue weighted by molar-refractivity contribution is 5.33. The Morgan fingerprint density at radius 3 is 3.00 bits per heavy atom. The van der Waals surface area contributed by atoms with Crippen molar-refractivity contribution in [1.29, 1.82) is 0 Å². The molecule has 1 aliphatic rings. The molecule has 0 bridgehead atoms. The number of hydrogen-bond donors (Lipinski definition) is 2. The minimum absolute atomic E-state index is 0.300. The highest BCUT2D eigenvalue weighted by Gasteiger charge is 2.21. The molecule has 0 radical (unpaired) electrons. The summed E-state index contributed by atoms with van der Waals surface area (Å²) in [5.74, 6) is 0.977. The van der Waals surface area contributed by atoms with Crippen LogP contribution in [0, 0.1) is 0 Å². The molecule has 0 spiro atoms. The summed E-state index contributed by atoms with van der Waals surface area (Å²) >= 11 is 0. The van der Waals surface area contributed by atoms with Crippen molar-refractivity contribution in [2.24, 2.45) is 5.73 Å².